The van der Waals surface area contributed by atoms with Crippen LogP contribution in [0, 0.1) is 13.8 Å². The summed E-state index contributed by atoms with van der Waals surface area (Å²) in [6, 6.07) is 25.1. The van der Waals surface area contributed by atoms with Gasteiger partial charge in [-0.05, 0) is 229 Å². The Morgan fingerprint density at radius 2 is 0.487 bits per heavy atom. The summed E-state index contributed by atoms with van der Waals surface area (Å²) in [6.07, 6.45) is 4.66. The third-order valence-electron chi connectivity index (χ3n) is 13.0. The number of rotatable bonds is 10. The van der Waals surface area contributed by atoms with E-state index in [0.29, 0.717) is 41.2 Å². The second-order valence-corrected chi connectivity index (χ2v) is 48.4. The summed E-state index contributed by atoms with van der Waals surface area (Å²) >= 11 is 0. The van der Waals surface area contributed by atoms with E-state index in [1.54, 1.807) is 24.3 Å². The molecule has 438 valence electrons. The minimum atomic E-state index is -4.27. The van der Waals surface area contributed by atoms with Gasteiger partial charge in [0.2, 0.25) is 0 Å². The first-order chi connectivity index (χ1) is 32.8. The van der Waals surface area contributed by atoms with Crippen LogP contribution >= 0.6 is 31.7 Å². The van der Waals surface area contributed by atoms with Crippen molar-refractivity contribution in [1.29, 1.82) is 0 Å². The van der Waals surface area contributed by atoms with Gasteiger partial charge < -0.3 is 9.11 Å². The Morgan fingerprint density at radius 3 is 0.618 bits per heavy atom. The molecule has 0 aliphatic rings. The fourth-order valence-electron chi connectivity index (χ4n) is 10.2. The van der Waals surface area contributed by atoms with Gasteiger partial charge in [0.15, 0.2) is 0 Å². The van der Waals surface area contributed by atoms with Gasteiger partial charge in [0, 0.05) is 70.6 Å². The Kier molecular flexibility index (Phi) is 30.8. The number of benzene rings is 2. The van der Waals surface area contributed by atoms with Crippen molar-refractivity contribution in [3.05, 3.63) is 119 Å². The Balaban J connectivity index is 0. The molecule has 0 fully saturated rings. The molecule has 0 spiro atoms. The monoisotopic (exact) mass is 1340 g/mol. The summed E-state index contributed by atoms with van der Waals surface area (Å²) in [4.78, 5) is 9.96. The molecular formula is C60H104N2O6P4Rh2S2+2. The summed E-state index contributed by atoms with van der Waals surface area (Å²) in [5.41, 5.74) is 7.10. The minimum Gasteiger partial charge on any atom is -0.744 e. The van der Waals surface area contributed by atoms with Crippen molar-refractivity contribution in [3.8, 4) is 0 Å². The van der Waals surface area contributed by atoms with Crippen molar-refractivity contribution in [3.63, 3.8) is 0 Å². The molecule has 4 rings (SSSR count). The molecule has 0 bridgehead atoms. The Morgan fingerprint density at radius 1 is 0.329 bits per heavy atom. The predicted molar refractivity (Wildman–Crippen MR) is 333 cm³/mol. The van der Waals surface area contributed by atoms with Crippen molar-refractivity contribution in [1.82, 2.24) is 9.97 Å². The summed E-state index contributed by atoms with van der Waals surface area (Å²) in [6.45, 7) is 61.6. The van der Waals surface area contributed by atoms with Crippen LogP contribution in [0.1, 0.15) is 200 Å². The average Bonchev–Trinajstić information content (AvgIpc) is 3.17. The summed E-state index contributed by atoms with van der Waals surface area (Å²) in [5.74, 6) is 0. The van der Waals surface area contributed by atoms with Gasteiger partial charge in [-0.1, -0.05) is 47.5 Å². The van der Waals surface area contributed by atoms with E-state index >= 15 is 0 Å². The molecule has 2 radical (unpaired) electrons. The van der Waals surface area contributed by atoms with Crippen LogP contribution in [0.25, 0.3) is 0 Å². The zero-order valence-electron chi connectivity index (χ0n) is 51.7. The normalized spacial score (nSPS) is 13.2. The first kappa shape index (κ1) is 77.6. The third kappa shape index (κ3) is 29.0. The molecule has 0 N–H and O–H groups in total. The van der Waals surface area contributed by atoms with Gasteiger partial charge in [0.1, 0.15) is 20.2 Å². The second kappa shape index (κ2) is 30.2. The predicted octanol–water partition coefficient (Wildman–Crippen LogP) is 17.2. The van der Waals surface area contributed by atoms with E-state index in [2.05, 4.69) is 203 Å². The van der Waals surface area contributed by atoms with Crippen LogP contribution < -0.4 is 0 Å². The molecule has 0 aliphatic heterocycles. The first-order valence-corrected chi connectivity index (χ1v) is 35.9. The standard InChI is InChI=1S/2C23H43NP2.2C7H8O3S.2Rh/c2*1-20(2,3)25(21(4,5)6)16-18-14-13-15-19(24-18)17-26(22(7,8)9)23(10,11)12;2*1-6-2-4-7(5-3-6)11(8,9)10;;/h2*13-15H,16-17H2,1-12H3;2*2-5H,1H3,(H,8,9,10);;/p+2. The molecule has 0 atom stereocenters. The maximum Gasteiger partial charge on any atom is 0.124 e. The van der Waals surface area contributed by atoms with Gasteiger partial charge in [-0.25, -0.2) is 16.8 Å². The van der Waals surface area contributed by atoms with Gasteiger partial charge in [0.25, 0.3) is 0 Å². The van der Waals surface area contributed by atoms with Gasteiger partial charge in [-0.15, -0.1) is 0 Å². The molecular weight excluding hydrogens is 1240 g/mol. The molecule has 16 heteroatoms. The summed E-state index contributed by atoms with van der Waals surface area (Å²) in [5, 5.41) is 3.05. The summed E-state index contributed by atoms with van der Waals surface area (Å²) in [7, 11) is -10.9. The van der Waals surface area contributed by atoms with E-state index in [1.807, 2.05) is 13.8 Å². The van der Waals surface area contributed by atoms with E-state index in [-0.39, 0.29) is 48.7 Å². The topological polar surface area (TPSA) is 140 Å². The van der Waals surface area contributed by atoms with Gasteiger partial charge in [-0.3, -0.25) is 9.97 Å². The quantitative estimate of drug-likeness (QED) is 0.0868. The van der Waals surface area contributed by atoms with E-state index < -0.39 is 51.9 Å². The smallest absolute Gasteiger partial charge is 0.124 e. The number of aryl methyl sites for hydroxylation is 2. The molecule has 0 saturated heterocycles. The van der Waals surface area contributed by atoms with E-state index in [1.165, 1.54) is 71.7 Å². The van der Waals surface area contributed by atoms with Crippen molar-refractivity contribution in [2.45, 2.75) is 256 Å². The van der Waals surface area contributed by atoms with Crippen LogP contribution in [-0.4, -0.2) is 77.2 Å². The Bertz CT molecular complexity index is 2240. The molecule has 0 saturated carbocycles. The fraction of sp³-hybridized carbons (Fsp3) is 0.633. The molecule has 0 unspecified atom stereocenters. The summed E-state index contributed by atoms with van der Waals surface area (Å²) < 4.78 is 62.3. The number of aromatic nitrogens is 2. The van der Waals surface area contributed by atoms with Crippen LogP contribution in [0.15, 0.2) is 94.7 Å². The molecule has 0 amide bonds. The molecule has 2 aromatic heterocycles. The number of hydrogen-bond acceptors (Lipinski definition) is 8. The van der Waals surface area contributed by atoms with Crippen molar-refractivity contribution < 1.29 is 64.9 Å². The maximum atomic E-state index is 10.4. The zero-order chi connectivity index (χ0) is 58.1. The van der Waals surface area contributed by atoms with Crippen molar-refractivity contribution in [2.24, 2.45) is 0 Å². The third-order valence-corrected chi connectivity index (χ3v) is 32.1. The Labute approximate surface area is 497 Å². The molecule has 2 heterocycles. The van der Waals surface area contributed by atoms with Crippen LogP contribution in [-0.2, 0) is 83.8 Å². The SMILES string of the molecule is CC(C)(C)[PH+](Cc1cccc(C[PH+](C(C)(C)C)C(C)(C)C)n1)C(C)(C)C.CC(C)(C)[PH+](Cc1cccc(C[PH+](C(C)(C)C)C(C)(C)C)n1)C(C)(C)C.Cc1ccc(S(=O)(=O)[O-])cc1.Cc1ccc(S(=O)(=O)[O-])cc1.[Rh].[Rh]. The first-order valence-electron chi connectivity index (χ1n) is 26.3. The zero-order valence-corrected chi connectivity index (χ0v) is 60.6. The molecule has 2 aromatic carbocycles. The average molecular weight is 1340 g/mol. The van der Waals surface area contributed by atoms with Crippen LogP contribution in [0.3, 0.4) is 0 Å². The van der Waals surface area contributed by atoms with Crippen molar-refractivity contribution in [2.75, 3.05) is 0 Å². The largest absolute Gasteiger partial charge is 0.744 e. The minimum absolute atomic E-state index is 0. The van der Waals surface area contributed by atoms with Crippen LogP contribution in [0.4, 0.5) is 0 Å². The van der Waals surface area contributed by atoms with Crippen molar-refractivity contribution >= 4 is 51.9 Å². The van der Waals surface area contributed by atoms with E-state index in [9.17, 15) is 25.9 Å². The fourth-order valence-corrected chi connectivity index (χ4v) is 26.6. The maximum absolute atomic E-state index is 10.4. The second-order valence-electron chi connectivity index (χ2n) is 28.4. The van der Waals surface area contributed by atoms with E-state index in [0.717, 1.165) is 11.1 Å². The van der Waals surface area contributed by atoms with Gasteiger partial charge >= 0.3 is 0 Å². The number of hydrogen-bond donors (Lipinski definition) is 0. The molecule has 0 aliphatic carbocycles. The number of nitrogens with zero attached hydrogens (tertiary/aromatic N) is 2. The van der Waals surface area contributed by atoms with Gasteiger partial charge in [-0.2, -0.15) is 0 Å². The van der Waals surface area contributed by atoms with E-state index in [4.69, 9.17) is 9.97 Å². The van der Waals surface area contributed by atoms with Crippen LogP contribution in [0.5, 0.6) is 0 Å². The van der Waals surface area contributed by atoms with Gasteiger partial charge in [0.05, 0.1) is 98.5 Å². The Hall–Kier alpha value is -0.473. The molecule has 8 nitrogen and oxygen atoms in total. The molecule has 4 aromatic rings. The number of pyridine rings is 2. The van der Waals surface area contributed by atoms with Crippen LogP contribution in [0.2, 0.25) is 0 Å². The molecule has 76 heavy (non-hydrogen) atoms.